The minimum Gasteiger partial charge on any atom is -0.396 e. The van der Waals surface area contributed by atoms with Crippen LogP contribution in [0, 0.1) is 0 Å². The van der Waals surface area contributed by atoms with E-state index in [2.05, 4.69) is 60.7 Å². The van der Waals surface area contributed by atoms with Crippen LogP contribution in [-0.2, 0) is 0 Å². The molecule has 0 spiro atoms. The number of allylic oxidation sites excluding steroid dienone is 2. The Balaban J connectivity index is 1.44. The van der Waals surface area contributed by atoms with E-state index < -0.39 is 0 Å². The summed E-state index contributed by atoms with van der Waals surface area (Å²) in [4.78, 5) is 0. The summed E-state index contributed by atoms with van der Waals surface area (Å²) in [6, 6.07) is 20.0. The van der Waals surface area contributed by atoms with Crippen LogP contribution in [0.5, 0.6) is 0 Å². The zero-order valence-electron chi connectivity index (χ0n) is 17.0. The molecule has 29 heavy (non-hydrogen) atoms. The first kappa shape index (κ1) is 20.3. The monoisotopic (exact) mass is 402 g/mol. The highest BCUT2D eigenvalue weighted by atomic mass is 28.2. The molecule has 2 aromatic carbocycles. The van der Waals surface area contributed by atoms with Crippen LogP contribution in [0.4, 0.5) is 0 Å². The third kappa shape index (κ3) is 4.47. The molecule has 0 fully saturated rings. The van der Waals surface area contributed by atoms with Crippen molar-refractivity contribution in [3.8, 4) is 0 Å². The summed E-state index contributed by atoms with van der Waals surface area (Å²) < 4.78 is 0. The van der Waals surface area contributed by atoms with Crippen LogP contribution in [0.1, 0.15) is 59.8 Å². The molecular formula is C26H30O2Si. The van der Waals surface area contributed by atoms with Crippen molar-refractivity contribution < 1.29 is 10.2 Å². The Morgan fingerprint density at radius 2 is 1.10 bits per heavy atom. The standard InChI is InChI=1S/C26H30O2Si/c27-13-5-9-21-15-19-7-1-3-11-23(19)25(21)17-29-18-26-22(10-6-14-28)16-20-8-2-4-12-24(20)26/h1-4,7-8,11-12,15-16,25-28H,5-6,9-10,13-14,17-18H2. The highest BCUT2D eigenvalue weighted by molar-refractivity contribution is 6.36. The zero-order chi connectivity index (χ0) is 20.1. The fourth-order valence-corrected chi connectivity index (χ4v) is 6.54. The Morgan fingerprint density at radius 1 is 0.655 bits per heavy atom. The predicted molar refractivity (Wildman–Crippen MR) is 122 cm³/mol. The molecule has 2 unspecified atom stereocenters. The fraction of sp³-hybridized carbons (Fsp3) is 0.385. The van der Waals surface area contributed by atoms with Crippen LogP contribution in [-0.4, -0.2) is 32.9 Å². The van der Waals surface area contributed by atoms with Gasteiger partial charge >= 0.3 is 0 Å². The van der Waals surface area contributed by atoms with Crippen molar-refractivity contribution in [2.45, 2.75) is 49.6 Å². The zero-order valence-corrected chi connectivity index (χ0v) is 18.0. The van der Waals surface area contributed by atoms with Gasteiger partial charge in [0.1, 0.15) is 0 Å². The van der Waals surface area contributed by atoms with Crippen molar-refractivity contribution in [3.05, 3.63) is 81.9 Å². The summed E-state index contributed by atoms with van der Waals surface area (Å²) in [5.41, 5.74) is 8.66. The smallest absolute Gasteiger partial charge is 0.0434 e. The van der Waals surface area contributed by atoms with Gasteiger partial charge < -0.3 is 10.2 Å². The summed E-state index contributed by atoms with van der Waals surface area (Å²) in [7, 11) is 0.900. The van der Waals surface area contributed by atoms with Gasteiger partial charge in [-0.15, -0.1) is 0 Å². The Hall–Kier alpha value is -1.94. The highest BCUT2D eigenvalue weighted by Gasteiger charge is 2.27. The lowest BCUT2D eigenvalue weighted by Gasteiger charge is -2.20. The maximum atomic E-state index is 9.29. The molecular weight excluding hydrogens is 372 g/mol. The van der Waals surface area contributed by atoms with Crippen molar-refractivity contribution in [2.24, 2.45) is 0 Å². The molecule has 0 bridgehead atoms. The summed E-state index contributed by atoms with van der Waals surface area (Å²) in [5.74, 6) is 1.02. The van der Waals surface area contributed by atoms with Crippen LogP contribution < -0.4 is 0 Å². The van der Waals surface area contributed by atoms with E-state index >= 15 is 0 Å². The lowest BCUT2D eigenvalue weighted by molar-refractivity contribution is 0.287. The van der Waals surface area contributed by atoms with Crippen molar-refractivity contribution >= 4 is 21.7 Å². The van der Waals surface area contributed by atoms with Gasteiger partial charge in [-0.2, -0.15) is 0 Å². The molecule has 2 aliphatic carbocycles. The molecule has 4 rings (SSSR count). The van der Waals surface area contributed by atoms with E-state index in [1.807, 2.05) is 0 Å². The van der Waals surface area contributed by atoms with Gasteiger partial charge in [-0.3, -0.25) is 0 Å². The third-order valence-corrected chi connectivity index (χ3v) is 7.66. The van der Waals surface area contributed by atoms with Crippen molar-refractivity contribution in [2.75, 3.05) is 13.2 Å². The van der Waals surface area contributed by atoms with Crippen molar-refractivity contribution in [1.82, 2.24) is 0 Å². The second-order valence-electron chi connectivity index (χ2n) is 8.11. The van der Waals surface area contributed by atoms with E-state index in [4.69, 9.17) is 0 Å². The van der Waals surface area contributed by atoms with Crippen molar-refractivity contribution in [3.63, 3.8) is 0 Å². The molecule has 2 nitrogen and oxygen atoms in total. The number of hydrogen-bond donors (Lipinski definition) is 2. The topological polar surface area (TPSA) is 40.5 Å². The SMILES string of the molecule is OCCCC1=Cc2ccccc2C1C[Si]CC1C(CCCO)=Cc2ccccc21. The van der Waals surface area contributed by atoms with Crippen LogP contribution in [0.2, 0.25) is 12.1 Å². The largest absolute Gasteiger partial charge is 0.396 e. The molecule has 0 amide bonds. The van der Waals surface area contributed by atoms with Gasteiger partial charge in [0.15, 0.2) is 0 Å². The van der Waals surface area contributed by atoms with Gasteiger partial charge in [-0.05, 0) is 47.9 Å². The normalized spacial score (nSPS) is 19.7. The number of rotatable bonds is 10. The third-order valence-electron chi connectivity index (χ3n) is 6.26. The van der Waals surface area contributed by atoms with Gasteiger partial charge in [-0.1, -0.05) is 83.9 Å². The maximum Gasteiger partial charge on any atom is 0.0434 e. The molecule has 0 saturated carbocycles. The number of hydrogen-bond acceptors (Lipinski definition) is 2. The lowest BCUT2D eigenvalue weighted by atomic mass is 9.94. The fourth-order valence-electron chi connectivity index (χ4n) is 4.83. The number of aliphatic hydroxyl groups excluding tert-OH is 2. The van der Waals surface area contributed by atoms with E-state index in [1.54, 1.807) is 0 Å². The van der Waals surface area contributed by atoms with E-state index in [1.165, 1.54) is 45.5 Å². The molecule has 0 aromatic heterocycles. The van der Waals surface area contributed by atoms with E-state index in [0.717, 1.165) is 35.2 Å². The first-order valence-electron chi connectivity index (χ1n) is 10.8. The van der Waals surface area contributed by atoms with E-state index in [9.17, 15) is 10.2 Å². The second kappa shape index (κ2) is 9.71. The van der Waals surface area contributed by atoms with Crippen LogP contribution in [0.3, 0.4) is 0 Å². The first-order valence-corrected chi connectivity index (χ1v) is 12.2. The molecule has 2 radical (unpaired) electrons. The molecule has 2 aliphatic rings. The van der Waals surface area contributed by atoms with Crippen LogP contribution in [0.15, 0.2) is 59.7 Å². The average molecular weight is 403 g/mol. The van der Waals surface area contributed by atoms with Gasteiger partial charge in [-0.25, -0.2) is 0 Å². The Morgan fingerprint density at radius 3 is 1.55 bits per heavy atom. The molecule has 2 atom stereocenters. The van der Waals surface area contributed by atoms with Gasteiger partial charge in [0.25, 0.3) is 0 Å². The van der Waals surface area contributed by atoms with Crippen LogP contribution in [0.25, 0.3) is 12.2 Å². The average Bonchev–Trinajstić information content (AvgIpc) is 3.29. The first-order chi connectivity index (χ1) is 14.3. The Labute approximate surface area is 176 Å². The molecule has 2 aromatic rings. The summed E-state index contributed by atoms with van der Waals surface area (Å²) in [5, 5.41) is 18.6. The number of aliphatic hydroxyl groups is 2. The van der Waals surface area contributed by atoms with Gasteiger partial charge in [0, 0.05) is 34.6 Å². The lowest BCUT2D eigenvalue weighted by Crippen LogP contribution is -2.08. The number of benzene rings is 2. The second-order valence-corrected chi connectivity index (χ2v) is 9.43. The highest BCUT2D eigenvalue weighted by Crippen LogP contribution is 2.44. The molecule has 2 N–H and O–H groups in total. The molecule has 0 heterocycles. The molecule has 0 aliphatic heterocycles. The maximum absolute atomic E-state index is 9.29. The predicted octanol–water partition coefficient (Wildman–Crippen LogP) is 5.43. The quantitative estimate of drug-likeness (QED) is 0.520. The molecule has 3 heteroatoms. The molecule has 0 saturated heterocycles. The summed E-state index contributed by atoms with van der Waals surface area (Å²) >= 11 is 0. The summed E-state index contributed by atoms with van der Waals surface area (Å²) in [6.07, 6.45) is 8.41. The van der Waals surface area contributed by atoms with Gasteiger partial charge in [0.2, 0.25) is 0 Å². The van der Waals surface area contributed by atoms with Crippen LogP contribution >= 0.6 is 0 Å². The van der Waals surface area contributed by atoms with Gasteiger partial charge in [0.05, 0.1) is 0 Å². The Bertz CT molecular complexity index is 826. The minimum absolute atomic E-state index is 0.264. The molecule has 150 valence electrons. The van der Waals surface area contributed by atoms with Crippen molar-refractivity contribution in [1.29, 1.82) is 0 Å². The van der Waals surface area contributed by atoms with E-state index in [-0.39, 0.29) is 13.2 Å². The summed E-state index contributed by atoms with van der Waals surface area (Å²) in [6.45, 7) is 0.529. The minimum atomic E-state index is 0.264. The number of fused-ring (bicyclic) bond motifs is 2. The Kier molecular flexibility index (Phi) is 6.81. The van der Waals surface area contributed by atoms with E-state index in [0.29, 0.717) is 11.8 Å².